The Kier molecular flexibility index (Phi) is 6.23. The standard InChI is InChI=1S/C23H27NO5/c1-23(2,3)29-21(26)20(12-13-25)24-22(27)28-14-19-17-10-6-4-8-15(17)16-9-5-7-11-18(16)19/h4-11,19-20,25H,12-14H2,1-3H3,(H,24,27)/t20-/m0/s1. The van der Waals surface area contributed by atoms with Crippen molar-refractivity contribution >= 4 is 12.1 Å². The first-order chi connectivity index (χ1) is 13.8. The Hall–Kier alpha value is -2.86. The summed E-state index contributed by atoms with van der Waals surface area (Å²) in [7, 11) is 0. The van der Waals surface area contributed by atoms with Crippen LogP contribution in [0.1, 0.15) is 44.2 Å². The number of aliphatic hydroxyl groups excluding tert-OH is 1. The van der Waals surface area contributed by atoms with Crippen molar-refractivity contribution in [3.05, 3.63) is 59.7 Å². The zero-order chi connectivity index (χ0) is 21.0. The summed E-state index contributed by atoms with van der Waals surface area (Å²) in [4.78, 5) is 24.6. The van der Waals surface area contributed by atoms with Crippen molar-refractivity contribution in [1.82, 2.24) is 5.32 Å². The molecule has 1 aliphatic carbocycles. The van der Waals surface area contributed by atoms with E-state index in [4.69, 9.17) is 9.47 Å². The molecule has 0 aliphatic heterocycles. The molecule has 29 heavy (non-hydrogen) atoms. The number of fused-ring (bicyclic) bond motifs is 3. The Morgan fingerprint density at radius 2 is 1.59 bits per heavy atom. The average molecular weight is 397 g/mol. The largest absolute Gasteiger partial charge is 0.458 e. The van der Waals surface area contributed by atoms with Crippen LogP contribution in [-0.4, -0.2) is 42.0 Å². The molecular formula is C23H27NO5. The number of hydrogen-bond donors (Lipinski definition) is 2. The van der Waals surface area contributed by atoms with Crippen molar-refractivity contribution in [1.29, 1.82) is 0 Å². The topological polar surface area (TPSA) is 84.9 Å². The molecule has 1 atom stereocenters. The number of ether oxygens (including phenoxy) is 2. The fraction of sp³-hybridized carbons (Fsp3) is 0.391. The van der Waals surface area contributed by atoms with E-state index in [1.165, 1.54) is 0 Å². The second-order valence-corrected chi connectivity index (χ2v) is 8.07. The summed E-state index contributed by atoms with van der Waals surface area (Å²) < 4.78 is 10.8. The van der Waals surface area contributed by atoms with E-state index in [0.29, 0.717) is 0 Å². The minimum absolute atomic E-state index is 0.0547. The Bertz CT molecular complexity index is 841. The van der Waals surface area contributed by atoms with E-state index >= 15 is 0 Å². The second-order valence-electron chi connectivity index (χ2n) is 8.07. The Balaban J connectivity index is 1.66. The number of benzene rings is 2. The summed E-state index contributed by atoms with van der Waals surface area (Å²) in [5.74, 6) is -0.661. The predicted molar refractivity (Wildman–Crippen MR) is 110 cm³/mol. The minimum Gasteiger partial charge on any atom is -0.458 e. The molecular weight excluding hydrogens is 370 g/mol. The van der Waals surface area contributed by atoms with Crippen LogP contribution in [0.4, 0.5) is 4.79 Å². The lowest BCUT2D eigenvalue weighted by Crippen LogP contribution is -2.45. The van der Waals surface area contributed by atoms with Crippen LogP contribution in [0, 0.1) is 0 Å². The Morgan fingerprint density at radius 1 is 1.03 bits per heavy atom. The van der Waals surface area contributed by atoms with E-state index < -0.39 is 23.7 Å². The molecule has 0 unspecified atom stereocenters. The maximum absolute atomic E-state index is 12.4. The van der Waals surface area contributed by atoms with Crippen LogP contribution in [0.5, 0.6) is 0 Å². The molecule has 0 heterocycles. The highest BCUT2D eigenvalue weighted by molar-refractivity contribution is 5.82. The van der Waals surface area contributed by atoms with Crippen LogP contribution in [0.25, 0.3) is 11.1 Å². The third kappa shape index (κ3) is 4.95. The molecule has 2 N–H and O–H groups in total. The van der Waals surface area contributed by atoms with Crippen LogP contribution in [0.3, 0.4) is 0 Å². The van der Waals surface area contributed by atoms with Gasteiger partial charge in [0.2, 0.25) is 0 Å². The van der Waals surface area contributed by atoms with Gasteiger partial charge in [-0.2, -0.15) is 0 Å². The van der Waals surface area contributed by atoms with Crippen molar-refractivity contribution in [3.63, 3.8) is 0 Å². The summed E-state index contributed by atoms with van der Waals surface area (Å²) in [5, 5.41) is 11.7. The van der Waals surface area contributed by atoms with Crippen LogP contribution in [-0.2, 0) is 14.3 Å². The summed E-state index contributed by atoms with van der Waals surface area (Å²) in [5.41, 5.74) is 3.82. The van der Waals surface area contributed by atoms with Crippen molar-refractivity contribution < 1.29 is 24.2 Å². The summed E-state index contributed by atoms with van der Waals surface area (Å²) >= 11 is 0. The molecule has 1 aliphatic rings. The van der Waals surface area contributed by atoms with Crippen LogP contribution in [0.15, 0.2) is 48.5 Å². The third-order valence-corrected chi connectivity index (χ3v) is 4.74. The average Bonchev–Trinajstić information content (AvgIpc) is 2.99. The van der Waals surface area contributed by atoms with Gasteiger partial charge in [-0.25, -0.2) is 9.59 Å². The molecule has 0 saturated heterocycles. The van der Waals surface area contributed by atoms with Crippen molar-refractivity contribution in [2.24, 2.45) is 0 Å². The van der Waals surface area contributed by atoms with Gasteiger partial charge in [0.25, 0.3) is 0 Å². The molecule has 0 fully saturated rings. The first kappa shape index (κ1) is 20.9. The van der Waals surface area contributed by atoms with E-state index in [-0.39, 0.29) is 25.6 Å². The van der Waals surface area contributed by atoms with E-state index in [2.05, 4.69) is 17.4 Å². The van der Waals surface area contributed by atoms with E-state index in [9.17, 15) is 14.7 Å². The molecule has 6 heteroatoms. The quantitative estimate of drug-likeness (QED) is 0.728. The molecule has 6 nitrogen and oxygen atoms in total. The fourth-order valence-corrected chi connectivity index (χ4v) is 3.53. The number of hydrogen-bond acceptors (Lipinski definition) is 5. The van der Waals surface area contributed by atoms with Gasteiger partial charge in [-0.1, -0.05) is 48.5 Å². The lowest BCUT2D eigenvalue weighted by atomic mass is 9.98. The zero-order valence-electron chi connectivity index (χ0n) is 17.0. The molecule has 0 saturated carbocycles. The van der Waals surface area contributed by atoms with Gasteiger partial charge in [-0.3, -0.25) is 0 Å². The Morgan fingerprint density at radius 3 is 2.10 bits per heavy atom. The maximum Gasteiger partial charge on any atom is 0.407 e. The third-order valence-electron chi connectivity index (χ3n) is 4.74. The molecule has 0 radical (unpaired) electrons. The first-order valence-corrected chi connectivity index (χ1v) is 9.75. The summed E-state index contributed by atoms with van der Waals surface area (Å²) in [6.07, 6.45) is -0.657. The van der Waals surface area contributed by atoms with Crippen molar-refractivity contribution in [2.45, 2.75) is 44.8 Å². The van der Waals surface area contributed by atoms with Gasteiger partial charge in [-0.05, 0) is 43.0 Å². The number of rotatable bonds is 6. The van der Waals surface area contributed by atoms with Crippen molar-refractivity contribution in [2.75, 3.05) is 13.2 Å². The molecule has 1 amide bonds. The highest BCUT2D eigenvalue weighted by atomic mass is 16.6. The number of carbonyl (C=O) groups excluding carboxylic acids is 2. The molecule has 2 aromatic carbocycles. The van der Waals surface area contributed by atoms with Crippen LogP contribution in [0.2, 0.25) is 0 Å². The lowest BCUT2D eigenvalue weighted by molar-refractivity contribution is -0.157. The number of amides is 1. The molecule has 3 rings (SSSR count). The van der Waals surface area contributed by atoms with Gasteiger partial charge in [0.05, 0.1) is 0 Å². The summed E-state index contributed by atoms with van der Waals surface area (Å²) in [6.45, 7) is 5.13. The van der Waals surface area contributed by atoms with Gasteiger partial charge >= 0.3 is 12.1 Å². The van der Waals surface area contributed by atoms with Crippen molar-refractivity contribution in [3.8, 4) is 11.1 Å². The summed E-state index contributed by atoms with van der Waals surface area (Å²) in [6, 6.07) is 15.2. The maximum atomic E-state index is 12.4. The number of esters is 1. The highest BCUT2D eigenvalue weighted by Gasteiger charge is 2.30. The van der Waals surface area contributed by atoms with Crippen LogP contribution >= 0.6 is 0 Å². The van der Waals surface area contributed by atoms with E-state index in [0.717, 1.165) is 22.3 Å². The smallest absolute Gasteiger partial charge is 0.407 e. The first-order valence-electron chi connectivity index (χ1n) is 9.75. The van der Waals surface area contributed by atoms with Crippen LogP contribution < -0.4 is 5.32 Å². The van der Waals surface area contributed by atoms with Gasteiger partial charge < -0.3 is 19.9 Å². The normalized spacial score (nSPS) is 13.9. The van der Waals surface area contributed by atoms with Gasteiger partial charge in [0.1, 0.15) is 18.2 Å². The molecule has 0 spiro atoms. The highest BCUT2D eigenvalue weighted by Crippen LogP contribution is 2.44. The van der Waals surface area contributed by atoms with E-state index in [1.54, 1.807) is 20.8 Å². The monoisotopic (exact) mass is 397 g/mol. The molecule has 0 bridgehead atoms. The number of carbonyl (C=O) groups is 2. The number of alkyl carbamates (subject to hydrolysis) is 1. The molecule has 2 aromatic rings. The van der Waals surface area contributed by atoms with Gasteiger partial charge in [0, 0.05) is 18.9 Å². The number of nitrogens with one attached hydrogen (secondary N) is 1. The van der Waals surface area contributed by atoms with Gasteiger partial charge in [0.15, 0.2) is 0 Å². The lowest BCUT2D eigenvalue weighted by Gasteiger charge is -2.24. The van der Waals surface area contributed by atoms with E-state index in [1.807, 2.05) is 36.4 Å². The molecule has 154 valence electrons. The second kappa shape index (κ2) is 8.66. The predicted octanol–water partition coefficient (Wildman–Crippen LogP) is 3.62. The van der Waals surface area contributed by atoms with Gasteiger partial charge in [-0.15, -0.1) is 0 Å². The Labute approximate surface area is 170 Å². The zero-order valence-corrected chi connectivity index (χ0v) is 17.0. The molecule has 0 aromatic heterocycles. The fourth-order valence-electron chi connectivity index (χ4n) is 3.53. The number of aliphatic hydroxyl groups is 1. The SMILES string of the molecule is CC(C)(C)OC(=O)[C@H](CCO)NC(=O)OCC1c2ccccc2-c2ccccc21. The minimum atomic E-state index is -0.963.